The van der Waals surface area contributed by atoms with E-state index in [9.17, 15) is 0 Å². The first kappa shape index (κ1) is 43.0. The van der Waals surface area contributed by atoms with E-state index in [1.54, 1.807) is 0 Å². The highest BCUT2D eigenvalue weighted by Crippen LogP contribution is 2.54. The molecule has 4 nitrogen and oxygen atoms in total. The molecular weight excluding hydrogens is 909 g/mol. The Morgan fingerprint density at radius 1 is 0.267 bits per heavy atom. The summed E-state index contributed by atoms with van der Waals surface area (Å²) in [5, 5.41) is 14.3. The lowest BCUT2D eigenvalue weighted by Crippen LogP contribution is -2.15. The third-order valence-electron chi connectivity index (χ3n) is 16.1. The molecule has 0 unspecified atom stereocenters. The largest absolute Gasteiger partial charge is 0.263 e. The van der Waals surface area contributed by atoms with Crippen LogP contribution in [0.15, 0.2) is 243 Å². The van der Waals surface area contributed by atoms with Gasteiger partial charge in [0.05, 0.1) is 11.4 Å². The molecule has 15 rings (SSSR count). The molecule has 4 aromatic heterocycles. The Hall–Kier alpha value is -9.64. The van der Waals surface area contributed by atoms with Gasteiger partial charge in [-0.05, 0) is 158 Å². The minimum absolute atomic E-state index is 0.301. The zero-order valence-corrected chi connectivity index (χ0v) is 41.4. The molecule has 4 heteroatoms. The summed E-state index contributed by atoms with van der Waals surface area (Å²) >= 11 is 0. The Labute approximate surface area is 434 Å². The van der Waals surface area contributed by atoms with Crippen molar-refractivity contribution in [2.45, 2.75) is 19.3 Å². The van der Waals surface area contributed by atoms with Crippen LogP contribution in [0.4, 0.5) is 0 Å². The molecule has 0 saturated carbocycles. The summed E-state index contributed by atoms with van der Waals surface area (Å²) in [5.74, 6) is 0. The highest BCUT2D eigenvalue weighted by Gasteiger charge is 2.37. The zero-order valence-electron chi connectivity index (χ0n) is 41.4. The molecule has 0 spiro atoms. The highest BCUT2D eigenvalue weighted by atomic mass is 14.7. The van der Waals surface area contributed by atoms with Gasteiger partial charge in [-0.15, -0.1) is 0 Å². The molecule has 1 aliphatic carbocycles. The Balaban J connectivity index is 0.938. The van der Waals surface area contributed by atoms with Crippen LogP contribution in [0.5, 0.6) is 0 Å². The third kappa shape index (κ3) is 6.91. The van der Waals surface area contributed by atoms with E-state index in [2.05, 4.69) is 230 Å². The second-order valence-electron chi connectivity index (χ2n) is 20.6. The number of benzene rings is 10. The molecule has 1 aliphatic rings. The van der Waals surface area contributed by atoms with Gasteiger partial charge in [0, 0.05) is 75.6 Å². The molecule has 350 valence electrons. The lowest BCUT2D eigenvalue weighted by molar-refractivity contribution is 0.661. The molecule has 0 bridgehead atoms. The summed E-state index contributed by atoms with van der Waals surface area (Å²) in [7, 11) is 0. The van der Waals surface area contributed by atoms with Crippen LogP contribution >= 0.6 is 0 Å². The van der Waals surface area contributed by atoms with Crippen LogP contribution in [0.25, 0.3) is 143 Å². The standard InChI is InChI=1S/C71H46N4/c1-71(2)65-34-48(52-26-30-68(75-40-52)64-42-73-38-54-16-8-10-18-56(54)64)23-27-57(65)59-35-61-62(36-66(59)71)70(50-22-20-44-12-4-6-14-46(44)32-50)60-33-47(24-28-58(60)69(61)49-21-19-43-11-3-5-13-45(43)31-49)51-25-29-67(74-39-51)63-41-72-37-53-15-7-9-17-55(53)63/h3-42H,1-2H3. The Morgan fingerprint density at radius 2 is 0.720 bits per heavy atom. The molecule has 0 radical (unpaired) electrons. The second kappa shape index (κ2) is 16.7. The monoisotopic (exact) mass is 954 g/mol. The normalized spacial score (nSPS) is 12.8. The smallest absolute Gasteiger partial charge is 0.0724 e. The predicted octanol–water partition coefficient (Wildman–Crippen LogP) is 18.5. The Morgan fingerprint density at radius 3 is 1.29 bits per heavy atom. The highest BCUT2D eigenvalue weighted by molar-refractivity contribution is 6.24. The van der Waals surface area contributed by atoms with Crippen molar-refractivity contribution in [2.75, 3.05) is 0 Å². The van der Waals surface area contributed by atoms with Gasteiger partial charge in [0.2, 0.25) is 0 Å². The van der Waals surface area contributed by atoms with Crippen molar-refractivity contribution in [3.63, 3.8) is 0 Å². The maximum atomic E-state index is 5.10. The number of pyridine rings is 4. The van der Waals surface area contributed by atoms with Gasteiger partial charge in [0.25, 0.3) is 0 Å². The second-order valence-corrected chi connectivity index (χ2v) is 20.6. The van der Waals surface area contributed by atoms with Gasteiger partial charge in [-0.1, -0.05) is 172 Å². The van der Waals surface area contributed by atoms with Crippen LogP contribution in [-0.4, -0.2) is 19.9 Å². The molecule has 75 heavy (non-hydrogen) atoms. The molecule has 0 atom stereocenters. The zero-order chi connectivity index (χ0) is 49.8. The summed E-state index contributed by atoms with van der Waals surface area (Å²) in [5.41, 5.74) is 18.0. The van der Waals surface area contributed by atoms with E-state index in [1.165, 1.54) is 87.6 Å². The van der Waals surface area contributed by atoms with Crippen LogP contribution < -0.4 is 0 Å². The third-order valence-corrected chi connectivity index (χ3v) is 16.1. The molecule has 10 aromatic carbocycles. The Kier molecular flexibility index (Phi) is 9.58. The van der Waals surface area contributed by atoms with Crippen molar-refractivity contribution < 1.29 is 0 Å². The quantitative estimate of drug-likeness (QED) is 0.156. The van der Waals surface area contributed by atoms with Gasteiger partial charge in [0.15, 0.2) is 0 Å². The molecule has 0 amide bonds. The summed E-state index contributed by atoms with van der Waals surface area (Å²) in [4.78, 5) is 19.2. The van der Waals surface area contributed by atoms with E-state index in [1.807, 2.05) is 37.2 Å². The van der Waals surface area contributed by atoms with E-state index in [-0.39, 0.29) is 5.41 Å². The number of nitrogens with zero attached hydrogens (tertiary/aromatic N) is 4. The minimum atomic E-state index is -0.301. The van der Waals surface area contributed by atoms with Crippen molar-refractivity contribution in [3.8, 4) is 78.1 Å². The number of hydrogen-bond donors (Lipinski definition) is 0. The average Bonchev–Trinajstić information content (AvgIpc) is 3.72. The Bertz CT molecular complexity index is 4660. The summed E-state index contributed by atoms with van der Waals surface area (Å²) < 4.78 is 0. The minimum Gasteiger partial charge on any atom is -0.263 e. The number of fused-ring (bicyclic) bond motifs is 9. The van der Waals surface area contributed by atoms with Crippen LogP contribution in [0.1, 0.15) is 25.0 Å². The van der Waals surface area contributed by atoms with Crippen molar-refractivity contribution >= 4 is 64.6 Å². The number of hydrogen-bond acceptors (Lipinski definition) is 4. The summed E-state index contributed by atoms with van der Waals surface area (Å²) in [6.45, 7) is 4.79. The van der Waals surface area contributed by atoms with Crippen LogP contribution in [-0.2, 0) is 5.41 Å². The van der Waals surface area contributed by atoms with Crippen molar-refractivity contribution in [3.05, 3.63) is 255 Å². The van der Waals surface area contributed by atoms with Crippen molar-refractivity contribution in [1.82, 2.24) is 19.9 Å². The fourth-order valence-corrected chi connectivity index (χ4v) is 12.2. The SMILES string of the molecule is CC1(C)c2cc(-c3ccc(-c4cncc5ccccc45)nc3)ccc2-c2cc3c(-c4ccc5ccccc5c4)c4ccc(-c5ccc(-c6cncc7ccccc67)nc5)cc4c(-c4ccc5ccccc5c4)c3cc21. The first-order valence-corrected chi connectivity index (χ1v) is 25.7. The first-order valence-electron chi connectivity index (χ1n) is 25.7. The molecule has 0 fully saturated rings. The van der Waals surface area contributed by atoms with E-state index in [0.717, 1.165) is 66.3 Å². The fourth-order valence-electron chi connectivity index (χ4n) is 12.2. The van der Waals surface area contributed by atoms with Gasteiger partial charge in [-0.25, -0.2) is 0 Å². The van der Waals surface area contributed by atoms with Gasteiger partial charge in [-0.2, -0.15) is 0 Å². The van der Waals surface area contributed by atoms with E-state index in [4.69, 9.17) is 9.97 Å². The molecule has 0 aliphatic heterocycles. The molecular formula is C71H46N4. The molecule has 0 saturated heterocycles. The fraction of sp³-hybridized carbons (Fsp3) is 0.0423. The van der Waals surface area contributed by atoms with E-state index in [0.29, 0.717) is 0 Å². The molecule has 14 aromatic rings. The predicted molar refractivity (Wildman–Crippen MR) is 313 cm³/mol. The van der Waals surface area contributed by atoms with Crippen molar-refractivity contribution in [1.29, 1.82) is 0 Å². The lowest BCUT2D eigenvalue weighted by atomic mass is 9.79. The summed E-state index contributed by atoms with van der Waals surface area (Å²) in [6.07, 6.45) is 11.7. The first-order chi connectivity index (χ1) is 36.9. The van der Waals surface area contributed by atoms with Crippen LogP contribution in [0.3, 0.4) is 0 Å². The summed E-state index contributed by atoms with van der Waals surface area (Å²) in [6, 6.07) is 75.9. The molecule has 0 N–H and O–H groups in total. The van der Waals surface area contributed by atoms with Gasteiger partial charge < -0.3 is 0 Å². The van der Waals surface area contributed by atoms with E-state index >= 15 is 0 Å². The number of aromatic nitrogens is 4. The van der Waals surface area contributed by atoms with Gasteiger partial charge in [0.1, 0.15) is 0 Å². The van der Waals surface area contributed by atoms with Crippen LogP contribution in [0.2, 0.25) is 0 Å². The topological polar surface area (TPSA) is 51.6 Å². The van der Waals surface area contributed by atoms with Gasteiger partial charge in [-0.3, -0.25) is 19.9 Å². The molecule has 4 heterocycles. The van der Waals surface area contributed by atoms with Gasteiger partial charge >= 0.3 is 0 Å². The maximum absolute atomic E-state index is 5.10. The lowest BCUT2D eigenvalue weighted by Gasteiger charge is -2.24. The van der Waals surface area contributed by atoms with Crippen LogP contribution in [0, 0.1) is 0 Å². The van der Waals surface area contributed by atoms with Crippen molar-refractivity contribution in [2.24, 2.45) is 0 Å². The van der Waals surface area contributed by atoms with E-state index < -0.39 is 0 Å². The number of rotatable bonds is 6. The average molecular weight is 955 g/mol. The maximum Gasteiger partial charge on any atom is 0.0724 e.